The molecule has 0 radical (unpaired) electrons. The number of halogens is 3. The summed E-state index contributed by atoms with van der Waals surface area (Å²) >= 11 is 0. The van der Waals surface area contributed by atoms with Gasteiger partial charge in [0.2, 0.25) is 0 Å². The van der Waals surface area contributed by atoms with Crippen molar-refractivity contribution in [2.45, 2.75) is 12.6 Å². The van der Waals surface area contributed by atoms with Gasteiger partial charge in [-0.05, 0) is 25.1 Å². The highest BCUT2D eigenvalue weighted by molar-refractivity contribution is 5.98. The Morgan fingerprint density at radius 1 is 1.39 bits per heavy atom. The molecule has 9 heteroatoms. The number of carbonyl (C=O) groups is 1. The molecule has 0 saturated heterocycles. The first-order valence-corrected chi connectivity index (χ1v) is 6.81. The van der Waals surface area contributed by atoms with E-state index in [-0.39, 0.29) is 6.54 Å². The molecule has 0 unspecified atom stereocenters. The van der Waals surface area contributed by atoms with E-state index in [0.717, 1.165) is 24.6 Å². The van der Waals surface area contributed by atoms with Gasteiger partial charge in [0, 0.05) is 19.2 Å². The molecule has 1 heterocycles. The Morgan fingerprint density at radius 3 is 2.70 bits per heavy atom. The van der Waals surface area contributed by atoms with Gasteiger partial charge < -0.3 is 10.6 Å². The van der Waals surface area contributed by atoms with Crippen molar-refractivity contribution in [3.05, 3.63) is 51.1 Å². The highest BCUT2D eigenvalue weighted by Gasteiger charge is 2.34. The highest BCUT2D eigenvalue weighted by Crippen LogP contribution is 2.33. The van der Waals surface area contributed by atoms with Crippen LogP contribution in [0.25, 0.3) is 0 Å². The molecule has 0 aliphatic carbocycles. The van der Waals surface area contributed by atoms with Crippen molar-refractivity contribution in [3.63, 3.8) is 0 Å². The largest absolute Gasteiger partial charge is 0.416 e. The van der Waals surface area contributed by atoms with Crippen LogP contribution in [-0.2, 0) is 6.18 Å². The number of nitrogens with zero attached hydrogens (tertiary/aromatic N) is 1. The Balaban J connectivity index is 2.18. The molecule has 6 nitrogen and oxygen atoms in total. The lowest BCUT2D eigenvalue weighted by Crippen LogP contribution is -2.30. The summed E-state index contributed by atoms with van der Waals surface area (Å²) in [6.45, 7) is 1.65. The second kappa shape index (κ2) is 6.78. The molecule has 0 saturated carbocycles. The van der Waals surface area contributed by atoms with Gasteiger partial charge in [0.1, 0.15) is 5.56 Å². The number of amides is 1. The number of hydrogen-bond acceptors (Lipinski definition) is 4. The first-order valence-electron chi connectivity index (χ1n) is 6.81. The van der Waals surface area contributed by atoms with Crippen LogP contribution in [-0.4, -0.2) is 30.5 Å². The van der Waals surface area contributed by atoms with Crippen LogP contribution in [0.4, 0.5) is 18.9 Å². The average molecular weight is 329 g/mol. The van der Waals surface area contributed by atoms with Gasteiger partial charge >= 0.3 is 6.18 Å². The number of nitrogens with one attached hydrogen (secondary N) is 2. The first-order chi connectivity index (χ1) is 10.8. The van der Waals surface area contributed by atoms with E-state index in [9.17, 15) is 28.1 Å². The van der Waals surface area contributed by atoms with Crippen molar-refractivity contribution in [3.8, 4) is 0 Å². The monoisotopic (exact) mass is 329 g/mol. The Kier molecular flexibility index (Phi) is 4.99. The van der Waals surface area contributed by atoms with Crippen LogP contribution in [0.3, 0.4) is 0 Å². The number of nitro benzene ring substituents is 1. The number of benzene rings is 1. The summed E-state index contributed by atoms with van der Waals surface area (Å²) in [7, 11) is 0. The molecule has 0 aromatic heterocycles. The number of carbonyl (C=O) groups excluding carboxylic acids is 1. The Labute approximate surface area is 129 Å². The zero-order valence-electron chi connectivity index (χ0n) is 11.9. The standard InChI is InChI=1S/C14H14F3N3O3/c15-14(16,17)10-1-2-11(12(7-10)20(22)23)13(21)19-8-9-3-5-18-6-4-9/h1-3,7,18H,4-6,8H2,(H,19,21). The van der Waals surface area contributed by atoms with Crippen molar-refractivity contribution in [2.24, 2.45) is 0 Å². The van der Waals surface area contributed by atoms with E-state index in [0.29, 0.717) is 18.7 Å². The summed E-state index contributed by atoms with van der Waals surface area (Å²) in [4.78, 5) is 22.0. The van der Waals surface area contributed by atoms with Crippen LogP contribution < -0.4 is 10.6 Å². The molecular formula is C14H14F3N3O3. The molecule has 2 N–H and O–H groups in total. The smallest absolute Gasteiger partial charge is 0.348 e. The number of hydrogen-bond donors (Lipinski definition) is 2. The number of alkyl halides is 3. The van der Waals surface area contributed by atoms with Crippen LogP contribution in [0.2, 0.25) is 0 Å². The van der Waals surface area contributed by atoms with E-state index in [1.165, 1.54) is 0 Å². The second-order valence-corrected chi connectivity index (χ2v) is 4.99. The molecule has 0 fully saturated rings. The van der Waals surface area contributed by atoms with E-state index < -0.39 is 33.8 Å². The molecule has 23 heavy (non-hydrogen) atoms. The molecule has 1 aliphatic rings. The summed E-state index contributed by atoms with van der Waals surface area (Å²) in [6, 6.07) is 1.86. The SMILES string of the molecule is O=C(NCC1=CCNCC1)c1ccc(C(F)(F)F)cc1[N+](=O)[O-]. The van der Waals surface area contributed by atoms with Gasteiger partial charge in [-0.25, -0.2) is 0 Å². The average Bonchev–Trinajstić information content (AvgIpc) is 2.52. The summed E-state index contributed by atoms with van der Waals surface area (Å²) in [5, 5.41) is 16.5. The Hall–Kier alpha value is -2.42. The van der Waals surface area contributed by atoms with Crippen LogP contribution in [0, 0.1) is 10.1 Å². The summed E-state index contributed by atoms with van der Waals surface area (Å²) in [5.74, 6) is -0.773. The lowest BCUT2D eigenvalue weighted by molar-refractivity contribution is -0.385. The third-order valence-corrected chi connectivity index (χ3v) is 3.40. The topological polar surface area (TPSA) is 84.3 Å². The molecule has 1 aromatic rings. The van der Waals surface area contributed by atoms with Crippen molar-refractivity contribution in [1.29, 1.82) is 0 Å². The van der Waals surface area contributed by atoms with Gasteiger partial charge in [0.15, 0.2) is 0 Å². The molecule has 1 aromatic carbocycles. The van der Waals surface area contributed by atoms with E-state index in [1.807, 2.05) is 6.08 Å². The zero-order valence-corrected chi connectivity index (χ0v) is 11.9. The van der Waals surface area contributed by atoms with Gasteiger partial charge in [0.25, 0.3) is 11.6 Å². The molecule has 0 bridgehead atoms. The summed E-state index contributed by atoms with van der Waals surface area (Å²) < 4.78 is 37.9. The third kappa shape index (κ3) is 4.28. The molecule has 0 spiro atoms. The fourth-order valence-electron chi connectivity index (χ4n) is 2.17. The van der Waals surface area contributed by atoms with Crippen LogP contribution in [0.1, 0.15) is 22.3 Å². The molecule has 2 rings (SSSR count). The van der Waals surface area contributed by atoms with Crippen molar-refractivity contribution in [2.75, 3.05) is 19.6 Å². The molecule has 124 valence electrons. The lowest BCUT2D eigenvalue weighted by atomic mass is 10.1. The fourth-order valence-corrected chi connectivity index (χ4v) is 2.17. The van der Waals surface area contributed by atoms with E-state index in [1.54, 1.807) is 0 Å². The first kappa shape index (κ1) is 16.9. The number of rotatable bonds is 4. The maximum absolute atomic E-state index is 12.6. The lowest BCUT2D eigenvalue weighted by Gasteiger charge is -2.15. The minimum absolute atomic E-state index is 0.207. The maximum atomic E-state index is 12.6. The predicted molar refractivity (Wildman–Crippen MR) is 76.0 cm³/mol. The van der Waals surface area contributed by atoms with Gasteiger partial charge in [-0.2, -0.15) is 13.2 Å². The van der Waals surface area contributed by atoms with Crippen molar-refractivity contribution in [1.82, 2.24) is 10.6 Å². The quantitative estimate of drug-likeness (QED) is 0.504. The Morgan fingerprint density at radius 2 is 2.13 bits per heavy atom. The van der Waals surface area contributed by atoms with E-state index >= 15 is 0 Å². The van der Waals surface area contributed by atoms with Crippen molar-refractivity contribution >= 4 is 11.6 Å². The van der Waals surface area contributed by atoms with Crippen LogP contribution in [0.5, 0.6) is 0 Å². The van der Waals surface area contributed by atoms with E-state index in [2.05, 4.69) is 10.6 Å². The normalized spacial score (nSPS) is 15.0. The molecule has 0 atom stereocenters. The molecular weight excluding hydrogens is 315 g/mol. The van der Waals surface area contributed by atoms with Gasteiger partial charge in [-0.3, -0.25) is 14.9 Å². The summed E-state index contributed by atoms with van der Waals surface area (Å²) in [5.41, 5.74) is -1.46. The predicted octanol–water partition coefficient (Wildman–Crippen LogP) is 2.26. The van der Waals surface area contributed by atoms with Gasteiger partial charge in [0.05, 0.1) is 10.5 Å². The van der Waals surface area contributed by atoms with Gasteiger partial charge in [-0.15, -0.1) is 0 Å². The van der Waals surface area contributed by atoms with Crippen LogP contribution >= 0.6 is 0 Å². The molecule has 1 aliphatic heterocycles. The Bertz CT molecular complexity index is 656. The van der Waals surface area contributed by atoms with E-state index in [4.69, 9.17) is 0 Å². The highest BCUT2D eigenvalue weighted by atomic mass is 19.4. The minimum atomic E-state index is -4.71. The van der Waals surface area contributed by atoms with Gasteiger partial charge in [-0.1, -0.05) is 11.6 Å². The molecule has 1 amide bonds. The zero-order chi connectivity index (χ0) is 17.0. The number of nitro groups is 1. The van der Waals surface area contributed by atoms with Crippen LogP contribution in [0.15, 0.2) is 29.8 Å². The fraction of sp³-hybridized carbons (Fsp3) is 0.357. The minimum Gasteiger partial charge on any atom is -0.348 e. The summed E-state index contributed by atoms with van der Waals surface area (Å²) in [6.07, 6.45) is -2.08. The maximum Gasteiger partial charge on any atom is 0.416 e. The third-order valence-electron chi connectivity index (χ3n) is 3.40. The van der Waals surface area contributed by atoms with Crippen molar-refractivity contribution < 1.29 is 22.9 Å². The second-order valence-electron chi connectivity index (χ2n) is 4.99.